The lowest BCUT2D eigenvalue weighted by molar-refractivity contribution is 0.0701. The predicted octanol–water partition coefficient (Wildman–Crippen LogP) is 4.25. The highest BCUT2D eigenvalue weighted by Gasteiger charge is 2.14. The smallest absolute Gasteiger partial charge is 0.288 e. The largest absolute Gasteiger partial charge is 0.378 e. The average Bonchev–Trinajstić information content (AvgIpc) is 3.00. The molecule has 2 aromatic rings. The van der Waals surface area contributed by atoms with Gasteiger partial charge in [-0.1, -0.05) is 19.9 Å². The summed E-state index contributed by atoms with van der Waals surface area (Å²) in [4.78, 5) is 31.5. The number of morpholine rings is 1. The molecule has 220 valence electrons. The number of amides is 1. The number of halogens is 1. The van der Waals surface area contributed by atoms with Crippen LogP contribution in [0.2, 0.25) is 0 Å². The van der Waals surface area contributed by atoms with Crippen LogP contribution in [0.15, 0.2) is 76.5 Å². The van der Waals surface area contributed by atoms with Gasteiger partial charge in [0.25, 0.3) is 5.91 Å². The molecule has 3 heterocycles. The van der Waals surface area contributed by atoms with Gasteiger partial charge in [-0.2, -0.15) is 0 Å². The zero-order chi connectivity index (χ0) is 29.6. The second-order valence-electron chi connectivity index (χ2n) is 9.13. The number of nitrogens with zero attached hydrogens (tertiary/aromatic N) is 6. The molecule has 0 radical (unpaired) electrons. The van der Waals surface area contributed by atoms with E-state index in [0.717, 1.165) is 36.4 Å². The van der Waals surface area contributed by atoms with Crippen LogP contribution in [-0.2, 0) is 4.74 Å². The highest BCUT2D eigenvalue weighted by atomic mass is 19.1. The SMILES string of the molecule is CC.CC1=CN(c2cccc(Nc3ccc(C(=O)NNC(/N=C/N4CCOCC4)=N/C=C(\C)F)nc3)c2)CCN1C. The number of anilines is 3. The molecule has 0 saturated carbocycles. The Morgan fingerprint density at radius 3 is 2.54 bits per heavy atom. The van der Waals surface area contributed by atoms with Crippen LogP contribution in [0, 0.1) is 0 Å². The number of hydrazine groups is 1. The molecule has 1 saturated heterocycles. The van der Waals surface area contributed by atoms with E-state index in [4.69, 9.17) is 4.74 Å². The molecule has 12 heteroatoms. The van der Waals surface area contributed by atoms with Gasteiger partial charge in [0.2, 0.25) is 5.96 Å². The zero-order valence-corrected chi connectivity index (χ0v) is 24.4. The molecule has 1 amide bonds. The summed E-state index contributed by atoms with van der Waals surface area (Å²) >= 11 is 0. The first-order valence-electron chi connectivity index (χ1n) is 13.7. The lowest BCUT2D eigenvalue weighted by Gasteiger charge is -2.32. The second-order valence-corrected chi connectivity index (χ2v) is 9.13. The van der Waals surface area contributed by atoms with Gasteiger partial charge in [-0.15, -0.1) is 0 Å². The monoisotopic (exact) mass is 565 g/mol. The van der Waals surface area contributed by atoms with Crippen LogP contribution in [-0.4, -0.2) is 79.4 Å². The molecule has 1 fully saturated rings. The van der Waals surface area contributed by atoms with Crippen molar-refractivity contribution in [3.8, 4) is 0 Å². The van der Waals surface area contributed by atoms with E-state index >= 15 is 0 Å². The molecule has 0 spiro atoms. The van der Waals surface area contributed by atoms with Gasteiger partial charge in [0.05, 0.1) is 37.6 Å². The van der Waals surface area contributed by atoms with Crippen molar-refractivity contribution in [1.29, 1.82) is 0 Å². The van der Waals surface area contributed by atoms with Gasteiger partial charge in [-0.05, 0) is 44.2 Å². The summed E-state index contributed by atoms with van der Waals surface area (Å²) in [6.07, 6.45) is 6.32. The minimum atomic E-state index is -0.493. The molecule has 2 aliphatic heterocycles. The Hall–Kier alpha value is -4.45. The van der Waals surface area contributed by atoms with E-state index in [1.54, 1.807) is 24.7 Å². The number of pyridine rings is 1. The maximum atomic E-state index is 13.2. The fourth-order valence-electron chi connectivity index (χ4n) is 3.81. The maximum Gasteiger partial charge on any atom is 0.288 e. The van der Waals surface area contributed by atoms with E-state index < -0.39 is 11.7 Å². The van der Waals surface area contributed by atoms with Crippen molar-refractivity contribution in [2.75, 3.05) is 56.7 Å². The molecule has 1 aromatic carbocycles. The molecule has 0 bridgehead atoms. The first-order valence-corrected chi connectivity index (χ1v) is 13.7. The summed E-state index contributed by atoms with van der Waals surface area (Å²) in [6.45, 7) is 11.8. The highest BCUT2D eigenvalue weighted by Crippen LogP contribution is 2.25. The van der Waals surface area contributed by atoms with Gasteiger partial charge in [0, 0.05) is 56.5 Å². The summed E-state index contributed by atoms with van der Waals surface area (Å²) in [5.74, 6) is -0.959. The first-order chi connectivity index (χ1) is 19.9. The first kappa shape index (κ1) is 31.1. The quantitative estimate of drug-likeness (QED) is 0.271. The Morgan fingerprint density at radius 1 is 1.07 bits per heavy atom. The van der Waals surface area contributed by atoms with E-state index in [9.17, 15) is 9.18 Å². The number of allylic oxidation sites excluding steroid dienone is 2. The lowest BCUT2D eigenvalue weighted by Crippen LogP contribution is -2.42. The molecule has 0 unspecified atom stereocenters. The molecule has 11 nitrogen and oxygen atoms in total. The zero-order valence-electron chi connectivity index (χ0n) is 24.4. The number of rotatable bonds is 6. The molecule has 2 aliphatic rings. The number of guanidine groups is 1. The molecule has 0 atom stereocenters. The third-order valence-electron chi connectivity index (χ3n) is 6.13. The minimum Gasteiger partial charge on any atom is -0.378 e. The summed E-state index contributed by atoms with van der Waals surface area (Å²) in [6, 6.07) is 11.5. The summed E-state index contributed by atoms with van der Waals surface area (Å²) in [5.41, 5.74) is 9.27. The Balaban J connectivity index is 0.00000226. The molecule has 3 N–H and O–H groups in total. The molecule has 41 heavy (non-hydrogen) atoms. The average molecular weight is 566 g/mol. The molecule has 0 aliphatic carbocycles. The van der Waals surface area contributed by atoms with Crippen LogP contribution in [0.25, 0.3) is 0 Å². The summed E-state index contributed by atoms with van der Waals surface area (Å²) < 4.78 is 18.5. The number of carbonyl (C=O) groups excluding carboxylic acids is 1. The molecule has 1 aromatic heterocycles. The fraction of sp³-hybridized carbons (Fsp3) is 0.379. The topological polar surface area (TPSA) is 110 Å². The van der Waals surface area contributed by atoms with Crippen LogP contribution in [0.4, 0.5) is 21.5 Å². The number of hydrogen-bond acceptors (Lipinski definition) is 7. The van der Waals surface area contributed by atoms with Crippen molar-refractivity contribution in [3.63, 3.8) is 0 Å². The number of benzene rings is 1. The van der Waals surface area contributed by atoms with Crippen molar-refractivity contribution in [1.82, 2.24) is 25.6 Å². The van der Waals surface area contributed by atoms with Gasteiger partial charge < -0.3 is 24.8 Å². The van der Waals surface area contributed by atoms with Crippen LogP contribution in [0.5, 0.6) is 0 Å². The van der Waals surface area contributed by atoms with Gasteiger partial charge in [0.1, 0.15) is 11.5 Å². The van der Waals surface area contributed by atoms with Crippen LogP contribution in [0.3, 0.4) is 0 Å². The number of ether oxygens (including phenoxy) is 1. The Labute approximate surface area is 241 Å². The third-order valence-corrected chi connectivity index (χ3v) is 6.13. The Morgan fingerprint density at radius 2 is 1.85 bits per heavy atom. The third kappa shape index (κ3) is 9.91. The van der Waals surface area contributed by atoms with Crippen LogP contribution in [0.1, 0.15) is 38.2 Å². The van der Waals surface area contributed by atoms with Gasteiger partial charge >= 0.3 is 0 Å². The van der Waals surface area contributed by atoms with Crippen LogP contribution >= 0.6 is 0 Å². The van der Waals surface area contributed by atoms with E-state index in [1.165, 1.54) is 12.6 Å². The van der Waals surface area contributed by atoms with E-state index in [2.05, 4.69) is 73.2 Å². The highest BCUT2D eigenvalue weighted by molar-refractivity contribution is 5.95. The number of hydrogen-bond donors (Lipinski definition) is 3. The molecular weight excluding hydrogens is 525 g/mol. The maximum absolute atomic E-state index is 13.2. The normalized spacial score (nSPS) is 16.1. The summed E-state index contributed by atoms with van der Waals surface area (Å²) in [5, 5.41) is 3.33. The van der Waals surface area contributed by atoms with Crippen molar-refractivity contribution >= 4 is 35.3 Å². The van der Waals surface area contributed by atoms with Gasteiger partial charge in [-0.3, -0.25) is 15.6 Å². The molecular formula is C29H40FN9O2. The van der Waals surface area contributed by atoms with Gasteiger partial charge in [0.15, 0.2) is 0 Å². The van der Waals surface area contributed by atoms with Crippen LogP contribution < -0.4 is 21.1 Å². The van der Waals surface area contributed by atoms with E-state index in [1.807, 2.05) is 30.9 Å². The lowest BCUT2D eigenvalue weighted by atomic mass is 10.2. The van der Waals surface area contributed by atoms with Crippen molar-refractivity contribution in [2.45, 2.75) is 27.7 Å². The summed E-state index contributed by atoms with van der Waals surface area (Å²) in [7, 11) is 2.09. The Bertz CT molecular complexity index is 1250. The van der Waals surface area contributed by atoms with Crippen molar-refractivity contribution < 1.29 is 13.9 Å². The van der Waals surface area contributed by atoms with Gasteiger partial charge in [-0.25, -0.2) is 19.4 Å². The number of carbonyl (C=O) groups is 1. The number of aromatic nitrogens is 1. The van der Waals surface area contributed by atoms with Crippen molar-refractivity contribution in [2.24, 2.45) is 9.98 Å². The number of aliphatic imine (C=N–C) groups is 2. The number of nitrogens with one attached hydrogen (secondary N) is 3. The minimum absolute atomic E-state index is 0.0235. The van der Waals surface area contributed by atoms with E-state index in [-0.39, 0.29) is 11.7 Å². The van der Waals surface area contributed by atoms with E-state index in [0.29, 0.717) is 26.3 Å². The van der Waals surface area contributed by atoms with Crippen molar-refractivity contribution in [3.05, 3.63) is 72.2 Å². The second kappa shape index (κ2) is 16.0. The fourth-order valence-corrected chi connectivity index (χ4v) is 3.81. The molecule has 4 rings (SSSR count). The standard InChI is InChI=1S/C27H34FN9O2.C2H6/c1-20(28)16-30-27(31-19-36-11-13-39-14-12-36)34-33-26(38)25-8-7-23(17-29-25)32-22-5-4-6-24(15-22)37-10-9-35(3)21(2)18-37;1-2/h4-8,15-19,32H,9-14H2,1-3H3,(H,30,34)(H,33,38);1-2H3/b20-16+,31-19+;. The number of likely N-dealkylation sites (N-methyl/N-ethyl adjacent to an activating group) is 1. The predicted molar refractivity (Wildman–Crippen MR) is 163 cm³/mol. The Kier molecular flexibility index (Phi) is 12.1.